The Morgan fingerprint density at radius 3 is 2.50 bits per heavy atom. The molecule has 0 amide bonds. The van der Waals surface area contributed by atoms with Crippen LogP contribution in [0.25, 0.3) is 0 Å². The second-order valence-electron chi connectivity index (χ2n) is 3.93. The molecule has 0 aliphatic heterocycles. The normalized spacial score (nSPS) is 13.0. The summed E-state index contributed by atoms with van der Waals surface area (Å²) in [6.45, 7) is 6.30. The van der Waals surface area contributed by atoms with E-state index in [4.69, 9.17) is 0 Å². The van der Waals surface area contributed by atoms with E-state index in [1.165, 1.54) is 14.6 Å². The third kappa shape index (κ3) is 2.21. The van der Waals surface area contributed by atoms with E-state index in [-0.39, 0.29) is 0 Å². The highest BCUT2D eigenvalue weighted by Gasteiger charge is 2.16. The van der Waals surface area contributed by atoms with Gasteiger partial charge in [-0.2, -0.15) is 0 Å². The molecule has 0 fully saturated rings. The second kappa shape index (κ2) is 4.70. The average Bonchev–Trinajstić information content (AvgIpc) is 2.84. The van der Waals surface area contributed by atoms with Crippen LogP contribution >= 0.6 is 22.7 Å². The topological polar surface area (TPSA) is 20.2 Å². The Hall–Kier alpha value is -0.640. The van der Waals surface area contributed by atoms with Gasteiger partial charge in [0.05, 0.1) is 0 Å². The molecule has 0 saturated carbocycles. The minimum Gasteiger partial charge on any atom is -0.383 e. The van der Waals surface area contributed by atoms with Crippen LogP contribution in [0.2, 0.25) is 0 Å². The van der Waals surface area contributed by atoms with Gasteiger partial charge >= 0.3 is 0 Å². The molecule has 1 atom stereocenters. The summed E-state index contributed by atoms with van der Waals surface area (Å²) in [5.74, 6) is 0. The maximum atomic E-state index is 10.3. The van der Waals surface area contributed by atoms with Gasteiger partial charge in [-0.15, -0.1) is 22.7 Å². The van der Waals surface area contributed by atoms with Crippen LogP contribution in [0.5, 0.6) is 0 Å². The van der Waals surface area contributed by atoms with Gasteiger partial charge in [0.25, 0.3) is 0 Å². The zero-order chi connectivity index (χ0) is 11.7. The Balaban J connectivity index is 2.31. The van der Waals surface area contributed by atoms with Gasteiger partial charge in [-0.1, -0.05) is 6.92 Å². The largest absolute Gasteiger partial charge is 0.383 e. The van der Waals surface area contributed by atoms with Crippen molar-refractivity contribution in [3.05, 3.63) is 43.3 Å². The van der Waals surface area contributed by atoms with Crippen LogP contribution in [0.3, 0.4) is 0 Å². The lowest BCUT2D eigenvalue weighted by molar-refractivity contribution is 0.224. The van der Waals surface area contributed by atoms with Crippen LogP contribution in [0.15, 0.2) is 18.2 Å². The molecular formula is C13H16OS2. The molecule has 1 unspecified atom stereocenters. The smallest absolute Gasteiger partial charge is 0.114 e. The fraction of sp³-hybridized carbons (Fsp3) is 0.385. The Bertz CT molecular complexity index is 482. The van der Waals surface area contributed by atoms with Crippen LogP contribution in [-0.4, -0.2) is 5.11 Å². The summed E-state index contributed by atoms with van der Waals surface area (Å²) in [5.41, 5.74) is 1.06. The Morgan fingerprint density at radius 1 is 1.25 bits per heavy atom. The number of aryl methyl sites for hydroxylation is 3. The maximum absolute atomic E-state index is 10.3. The number of thiophene rings is 2. The minimum absolute atomic E-state index is 0.449. The Morgan fingerprint density at radius 2 is 2.00 bits per heavy atom. The minimum atomic E-state index is -0.449. The fourth-order valence-electron chi connectivity index (χ4n) is 1.81. The average molecular weight is 252 g/mol. The first-order valence-corrected chi connectivity index (χ1v) is 7.08. The molecule has 2 aromatic heterocycles. The van der Waals surface area contributed by atoms with Gasteiger partial charge in [0.1, 0.15) is 6.10 Å². The third-order valence-corrected chi connectivity index (χ3v) is 4.94. The predicted octanol–water partition coefficient (Wildman–Crippen LogP) is 4.07. The van der Waals surface area contributed by atoms with Crippen LogP contribution < -0.4 is 0 Å². The van der Waals surface area contributed by atoms with E-state index in [1.807, 2.05) is 6.07 Å². The van der Waals surface area contributed by atoms with E-state index in [0.29, 0.717) is 0 Å². The highest BCUT2D eigenvalue weighted by atomic mass is 32.1. The van der Waals surface area contributed by atoms with E-state index >= 15 is 0 Å². The van der Waals surface area contributed by atoms with Gasteiger partial charge in [-0.25, -0.2) is 0 Å². The summed E-state index contributed by atoms with van der Waals surface area (Å²) >= 11 is 3.46. The molecule has 2 aromatic rings. The van der Waals surface area contributed by atoms with E-state index in [9.17, 15) is 5.11 Å². The van der Waals surface area contributed by atoms with Crippen molar-refractivity contribution in [2.75, 3.05) is 0 Å². The molecular weight excluding hydrogens is 236 g/mol. The molecule has 0 aliphatic carbocycles. The predicted molar refractivity (Wildman–Crippen MR) is 71.6 cm³/mol. The molecule has 2 heterocycles. The Labute approximate surface area is 104 Å². The molecule has 0 radical (unpaired) electrons. The van der Waals surface area contributed by atoms with Gasteiger partial charge in [-0.05, 0) is 44.0 Å². The number of aliphatic hydroxyl groups is 1. The monoisotopic (exact) mass is 252 g/mol. The number of hydrogen-bond donors (Lipinski definition) is 1. The molecule has 2 rings (SSSR count). The first-order valence-electron chi connectivity index (χ1n) is 5.45. The fourth-order valence-corrected chi connectivity index (χ4v) is 3.72. The molecule has 0 bridgehead atoms. The van der Waals surface area contributed by atoms with Crippen LogP contribution in [0, 0.1) is 13.8 Å². The van der Waals surface area contributed by atoms with Crippen molar-refractivity contribution < 1.29 is 5.11 Å². The first-order chi connectivity index (χ1) is 7.61. The molecule has 0 aliphatic rings. The first kappa shape index (κ1) is 11.8. The van der Waals surface area contributed by atoms with Gasteiger partial charge in [0.15, 0.2) is 0 Å². The van der Waals surface area contributed by atoms with E-state index in [0.717, 1.165) is 16.9 Å². The van der Waals surface area contributed by atoms with Crippen LogP contribution in [0.4, 0.5) is 0 Å². The van der Waals surface area contributed by atoms with Gasteiger partial charge in [0, 0.05) is 19.5 Å². The van der Waals surface area contributed by atoms with Crippen molar-refractivity contribution in [2.24, 2.45) is 0 Å². The molecule has 1 nitrogen and oxygen atoms in total. The van der Waals surface area contributed by atoms with Gasteiger partial charge in [-0.3, -0.25) is 0 Å². The summed E-state index contributed by atoms with van der Waals surface area (Å²) in [5, 5.41) is 10.3. The van der Waals surface area contributed by atoms with E-state index in [2.05, 4.69) is 32.9 Å². The number of hydrogen-bond acceptors (Lipinski definition) is 3. The zero-order valence-electron chi connectivity index (χ0n) is 9.78. The molecule has 0 spiro atoms. The third-order valence-electron chi connectivity index (χ3n) is 2.67. The number of aliphatic hydroxyl groups excluding tert-OH is 1. The summed E-state index contributed by atoms with van der Waals surface area (Å²) in [7, 11) is 0. The lowest BCUT2D eigenvalue weighted by Gasteiger charge is -2.07. The van der Waals surface area contributed by atoms with Gasteiger partial charge in [0.2, 0.25) is 0 Å². The van der Waals surface area contributed by atoms with E-state index in [1.54, 1.807) is 22.7 Å². The molecule has 1 N–H and O–H groups in total. The van der Waals surface area contributed by atoms with Crippen molar-refractivity contribution in [1.29, 1.82) is 0 Å². The SMILES string of the molecule is CCc1ccc(C(O)c2cc(C)sc2C)s1. The zero-order valence-corrected chi connectivity index (χ0v) is 11.4. The van der Waals surface area contributed by atoms with Crippen molar-refractivity contribution in [1.82, 2.24) is 0 Å². The molecule has 16 heavy (non-hydrogen) atoms. The lowest BCUT2D eigenvalue weighted by Crippen LogP contribution is -1.96. The summed E-state index contributed by atoms with van der Waals surface area (Å²) in [6.07, 6.45) is 0.592. The van der Waals surface area contributed by atoms with Crippen molar-refractivity contribution in [2.45, 2.75) is 33.3 Å². The van der Waals surface area contributed by atoms with Gasteiger partial charge < -0.3 is 5.11 Å². The summed E-state index contributed by atoms with van der Waals surface area (Å²) in [6, 6.07) is 6.24. The second-order valence-corrected chi connectivity index (χ2v) is 6.59. The lowest BCUT2D eigenvalue weighted by atomic mass is 10.1. The number of rotatable bonds is 3. The van der Waals surface area contributed by atoms with E-state index < -0.39 is 6.10 Å². The highest BCUT2D eigenvalue weighted by molar-refractivity contribution is 7.12. The van der Waals surface area contributed by atoms with Crippen LogP contribution in [-0.2, 0) is 6.42 Å². The Kier molecular flexibility index (Phi) is 3.47. The van der Waals surface area contributed by atoms with Crippen LogP contribution in [0.1, 0.15) is 38.1 Å². The molecule has 86 valence electrons. The summed E-state index contributed by atoms with van der Waals surface area (Å²) in [4.78, 5) is 4.87. The van der Waals surface area contributed by atoms with Crippen molar-refractivity contribution in [3.63, 3.8) is 0 Å². The van der Waals surface area contributed by atoms with Crippen molar-refractivity contribution in [3.8, 4) is 0 Å². The molecule has 3 heteroatoms. The molecule has 0 aromatic carbocycles. The standard InChI is InChI=1S/C13H16OS2/c1-4-10-5-6-12(16-10)13(14)11-7-8(2)15-9(11)3/h5-7,13-14H,4H2,1-3H3. The highest BCUT2D eigenvalue weighted by Crippen LogP contribution is 2.33. The quantitative estimate of drug-likeness (QED) is 0.873. The summed E-state index contributed by atoms with van der Waals surface area (Å²) < 4.78 is 0. The van der Waals surface area contributed by atoms with Crippen molar-refractivity contribution >= 4 is 22.7 Å². The molecule has 0 saturated heterocycles. The maximum Gasteiger partial charge on any atom is 0.114 e.